The van der Waals surface area contributed by atoms with Gasteiger partial charge in [0.05, 0.1) is 10.8 Å². The zero-order valence-corrected chi connectivity index (χ0v) is 18.1. The van der Waals surface area contributed by atoms with Crippen molar-refractivity contribution in [2.24, 2.45) is 0 Å². The van der Waals surface area contributed by atoms with E-state index in [1.54, 1.807) is 18.2 Å². The van der Waals surface area contributed by atoms with Crippen LogP contribution in [-0.2, 0) is 11.3 Å². The van der Waals surface area contributed by atoms with Gasteiger partial charge in [-0.25, -0.2) is 0 Å². The van der Waals surface area contributed by atoms with Crippen molar-refractivity contribution in [2.45, 2.75) is 45.2 Å². The van der Waals surface area contributed by atoms with E-state index in [4.69, 9.17) is 4.42 Å². The number of Topliss-reactive ketones (excluding diaryl/α,β-unsaturated/α-hetero) is 1. The van der Waals surface area contributed by atoms with E-state index >= 15 is 0 Å². The molecule has 160 valence electrons. The zero-order valence-electron chi connectivity index (χ0n) is 17.3. The molecule has 1 aromatic carbocycles. The first-order valence-electron chi connectivity index (χ1n) is 10.4. The molecule has 0 saturated heterocycles. The molecule has 1 aliphatic carbocycles. The number of aromatic nitrogens is 1. The summed E-state index contributed by atoms with van der Waals surface area (Å²) in [6, 6.07) is 11.2. The molecular weight excluding hydrogens is 412 g/mol. The molecule has 2 aromatic heterocycles. The first-order chi connectivity index (χ1) is 15.0. The lowest BCUT2D eigenvalue weighted by molar-refractivity contribution is -0.122. The van der Waals surface area contributed by atoms with Crippen LogP contribution in [0.15, 0.2) is 51.9 Å². The lowest BCUT2D eigenvalue weighted by Crippen LogP contribution is -2.41. The van der Waals surface area contributed by atoms with Crippen LogP contribution >= 0.6 is 11.3 Å². The monoisotopic (exact) mass is 436 g/mol. The fourth-order valence-corrected chi connectivity index (χ4v) is 4.83. The van der Waals surface area contributed by atoms with Crippen molar-refractivity contribution in [3.63, 3.8) is 0 Å². The highest BCUT2D eigenvalue weighted by Gasteiger charge is 2.18. The smallest absolute Gasteiger partial charge is 0.269 e. The third-order valence-corrected chi connectivity index (χ3v) is 6.38. The van der Waals surface area contributed by atoms with Gasteiger partial charge in [-0.1, -0.05) is 42.7 Å². The lowest BCUT2D eigenvalue weighted by Gasteiger charge is -2.11. The molecule has 0 unspecified atom stereocenters. The largest absolute Gasteiger partial charge is 0.461 e. The molecule has 31 heavy (non-hydrogen) atoms. The summed E-state index contributed by atoms with van der Waals surface area (Å²) in [6.07, 6.45) is 8.72. The number of nitrogens with zero attached hydrogens (tertiary/aromatic N) is 1. The Morgan fingerprint density at radius 1 is 1.23 bits per heavy atom. The van der Waals surface area contributed by atoms with Gasteiger partial charge < -0.3 is 9.73 Å². The van der Waals surface area contributed by atoms with E-state index < -0.39 is 0 Å². The molecular formula is C24H24N2O4S. The molecule has 1 amide bonds. The summed E-state index contributed by atoms with van der Waals surface area (Å²) in [5.74, 6) is -0.376. The van der Waals surface area contributed by atoms with Crippen molar-refractivity contribution in [1.82, 2.24) is 9.88 Å². The maximum Gasteiger partial charge on any atom is 0.269 e. The number of amides is 1. The number of hydrogen-bond donors (Lipinski definition) is 1. The van der Waals surface area contributed by atoms with E-state index in [2.05, 4.69) is 5.32 Å². The van der Waals surface area contributed by atoms with Crippen molar-refractivity contribution in [1.29, 1.82) is 0 Å². The molecule has 0 atom stereocenters. The van der Waals surface area contributed by atoms with Crippen LogP contribution in [0.25, 0.3) is 12.2 Å². The van der Waals surface area contributed by atoms with Crippen molar-refractivity contribution < 1.29 is 14.0 Å². The topological polar surface area (TPSA) is 81.3 Å². The fraction of sp³-hybridized carbons (Fsp3) is 0.292. The maximum atomic E-state index is 13.1. The summed E-state index contributed by atoms with van der Waals surface area (Å²) in [7, 11) is 0. The number of rotatable bonds is 6. The minimum absolute atomic E-state index is 0.120. The molecule has 0 spiro atoms. The SMILES string of the molecule is Cc1cccc(/C=c2\s/c(=C\C(=O)c3ccco3)n(CC(=O)NC3CCCC3)c2=O)c1. The first-order valence-corrected chi connectivity index (χ1v) is 11.2. The molecule has 0 bridgehead atoms. The minimum atomic E-state index is -0.349. The summed E-state index contributed by atoms with van der Waals surface area (Å²) < 4.78 is 7.44. The summed E-state index contributed by atoms with van der Waals surface area (Å²) in [6.45, 7) is 1.86. The second-order valence-electron chi connectivity index (χ2n) is 7.79. The van der Waals surface area contributed by atoms with Gasteiger partial charge in [0.15, 0.2) is 5.76 Å². The third kappa shape index (κ3) is 5.11. The first kappa shape index (κ1) is 21.1. The molecule has 1 N–H and O–H groups in total. The van der Waals surface area contributed by atoms with Crippen molar-refractivity contribution in [3.8, 4) is 0 Å². The Bertz CT molecular complexity index is 1260. The molecule has 2 heterocycles. The molecule has 0 aliphatic heterocycles. The van der Waals surface area contributed by atoms with Gasteiger partial charge in [0.2, 0.25) is 11.7 Å². The predicted octanol–water partition coefficient (Wildman–Crippen LogP) is 2.36. The van der Waals surface area contributed by atoms with E-state index in [1.165, 1.54) is 28.2 Å². The van der Waals surface area contributed by atoms with E-state index in [0.29, 0.717) is 9.20 Å². The molecule has 1 fully saturated rings. The van der Waals surface area contributed by atoms with Gasteiger partial charge in [-0.15, -0.1) is 11.3 Å². The highest BCUT2D eigenvalue weighted by molar-refractivity contribution is 7.07. The van der Waals surface area contributed by atoms with E-state index in [1.807, 2.05) is 31.2 Å². The minimum Gasteiger partial charge on any atom is -0.461 e. The summed E-state index contributed by atoms with van der Waals surface area (Å²) in [5.41, 5.74) is 1.69. The van der Waals surface area contributed by atoms with Crippen LogP contribution in [-0.4, -0.2) is 22.3 Å². The van der Waals surface area contributed by atoms with Crippen molar-refractivity contribution in [3.05, 3.63) is 79.1 Å². The van der Waals surface area contributed by atoms with Gasteiger partial charge in [-0.2, -0.15) is 0 Å². The Morgan fingerprint density at radius 3 is 2.74 bits per heavy atom. The third-order valence-electron chi connectivity index (χ3n) is 5.32. The van der Waals surface area contributed by atoms with Crippen LogP contribution < -0.4 is 20.1 Å². The van der Waals surface area contributed by atoms with Crippen LogP contribution in [0, 0.1) is 6.92 Å². The van der Waals surface area contributed by atoms with Crippen LogP contribution in [0.5, 0.6) is 0 Å². The van der Waals surface area contributed by atoms with Crippen LogP contribution in [0.4, 0.5) is 0 Å². The Kier molecular flexibility index (Phi) is 6.32. The fourth-order valence-electron chi connectivity index (χ4n) is 3.79. The van der Waals surface area contributed by atoms with Gasteiger partial charge in [-0.05, 0) is 43.5 Å². The van der Waals surface area contributed by atoms with Crippen molar-refractivity contribution >= 4 is 35.2 Å². The standard InChI is InChI=1S/C24H24N2O4S/c1-16-6-4-7-17(12-16)13-21-24(29)26(15-22(28)25-18-8-2-3-9-18)23(31-21)14-19(27)20-10-5-11-30-20/h4-7,10-14,18H,2-3,8-9,15H2,1H3,(H,25,28)/b21-13-,23-14-. The average Bonchev–Trinajstić information content (AvgIpc) is 3.48. The molecule has 1 saturated carbocycles. The summed E-state index contributed by atoms with van der Waals surface area (Å²) in [4.78, 5) is 38.3. The Morgan fingerprint density at radius 2 is 2.03 bits per heavy atom. The second-order valence-corrected chi connectivity index (χ2v) is 8.85. The Labute approximate surface area is 183 Å². The van der Waals surface area contributed by atoms with Gasteiger partial charge in [0.1, 0.15) is 11.2 Å². The van der Waals surface area contributed by atoms with Crippen LogP contribution in [0.1, 0.15) is 47.4 Å². The molecule has 6 nitrogen and oxygen atoms in total. The number of carbonyl (C=O) groups is 2. The van der Waals surface area contributed by atoms with Crippen LogP contribution in [0.2, 0.25) is 0 Å². The highest BCUT2D eigenvalue weighted by atomic mass is 32.1. The highest BCUT2D eigenvalue weighted by Crippen LogP contribution is 2.17. The number of furan rings is 1. The van der Waals surface area contributed by atoms with Crippen LogP contribution in [0.3, 0.4) is 0 Å². The number of carbonyl (C=O) groups excluding carboxylic acids is 2. The summed E-state index contributed by atoms with van der Waals surface area (Å²) in [5, 5.41) is 3.01. The number of thiazole rings is 1. The van der Waals surface area contributed by atoms with E-state index in [9.17, 15) is 14.4 Å². The Hall–Kier alpha value is -3.19. The number of aryl methyl sites for hydroxylation is 1. The van der Waals surface area contributed by atoms with Gasteiger partial charge >= 0.3 is 0 Å². The molecule has 4 rings (SSSR count). The lowest BCUT2D eigenvalue weighted by atomic mass is 10.1. The summed E-state index contributed by atoms with van der Waals surface area (Å²) >= 11 is 1.19. The van der Waals surface area contributed by atoms with Crippen molar-refractivity contribution in [2.75, 3.05) is 0 Å². The maximum absolute atomic E-state index is 13.1. The molecule has 3 aromatic rings. The van der Waals surface area contributed by atoms with Gasteiger partial charge in [-0.3, -0.25) is 19.0 Å². The van der Waals surface area contributed by atoms with Gasteiger partial charge in [0, 0.05) is 12.1 Å². The molecule has 7 heteroatoms. The molecule has 0 radical (unpaired) electrons. The average molecular weight is 437 g/mol. The van der Waals surface area contributed by atoms with Gasteiger partial charge in [0.25, 0.3) is 5.56 Å². The number of hydrogen-bond acceptors (Lipinski definition) is 5. The predicted molar refractivity (Wildman–Crippen MR) is 120 cm³/mol. The Balaban J connectivity index is 1.73. The number of benzene rings is 1. The zero-order chi connectivity index (χ0) is 21.8. The normalized spacial score (nSPS) is 15.5. The second kappa shape index (κ2) is 9.31. The van der Waals surface area contributed by atoms with E-state index in [0.717, 1.165) is 36.8 Å². The molecule has 1 aliphatic rings. The van der Waals surface area contributed by atoms with E-state index in [-0.39, 0.29) is 35.6 Å². The number of nitrogens with one attached hydrogen (secondary N) is 1. The quantitative estimate of drug-likeness (QED) is 0.602. The number of ketones is 1.